The molecule has 1 saturated heterocycles. The number of carbonyl (C=O) groups is 1. The van der Waals surface area contributed by atoms with Crippen molar-refractivity contribution >= 4 is 6.09 Å². The van der Waals surface area contributed by atoms with Gasteiger partial charge in [0.05, 0.1) is 26.9 Å². The van der Waals surface area contributed by atoms with Crippen LogP contribution in [-0.2, 0) is 4.74 Å². The predicted molar refractivity (Wildman–Crippen MR) is 61.4 cm³/mol. The number of carbonyl (C=O) groups excluding carboxylic acids is 1. The third-order valence-electron chi connectivity index (χ3n) is 2.74. The normalized spacial score (nSPS) is 19.2. The molecule has 1 aliphatic rings. The topological polar surface area (TPSA) is 56.8 Å². The lowest BCUT2D eigenvalue weighted by Crippen LogP contribution is -2.35. The molecule has 1 amide bonds. The van der Waals surface area contributed by atoms with Gasteiger partial charge in [0.25, 0.3) is 0 Å². The molecule has 1 aromatic rings. The number of ether oxygens (including phenoxy) is 3. The first-order valence-electron chi connectivity index (χ1n) is 5.40. The van der Waals surface area contributed by atoms with Crippen molar-refractivity contribution < 1.29 is 19.0 Å². The molecule has 5 heteroatoms. The SMILES string of the molecule is COc1ccc([C@H]2CCOC(=O)N2)cc1OC. The van der Waals surface area contributed by atoms with Crippen LogP contribution >= 0.6 is 0 Å². The van der Waals surface area contributed by atoms with E-state index in [1.165, 1.54) is 0 Å². The quantitative estimate of drug-likeness (QED) is 0.872. The first kappa shape index (κ1) is 11.6. The molecule has 0 unspecified atom stereocenters. The summed E-state index contributed by atoms with van der Waals surface area (Å²) in [4.78, 5) is 11.1. The molecule has 1 atom stereocenters. The molecule has 0 radical (unpaired) electrons. The second-order valence-electron chi connectivity index (χ2n) is 3.74. The average molecular weight is 237 g/mol. The average Bonchev–Trinajstić information content (AvgIpc) is 2.38. The summed E-state index contributed by atoms with van der Waals surface area (Å²) < 4.78 is 15.2. The monoisotopic (exact) mass is 237 g/mol. The number of methoxy groups -OCH3 is 2. The lowest BCUT2D eigenvalue weighted by atomic mass is 10.0. The number of nitrogens with one attached hydrogen (secondary N) is 1. The summed E-state index contributed by atoms with van der Waals surface area (Å²) in [6, 6.07) is 5.58. The first-order valence-corrected chi connectivity index (χ1v) is 5.40. The van der Waals surface area contributed by atoms with Crippen molar-refractivity contribution in [1.82, 2.24) is 5.32 Å². The Kier molecular flexibility index (Phi) is 3.37. The van der Waals surface area contributed by atoms with Crippen LogP contribution in [0.3, 0.4) is 0 Å². The van der Waals surface area contributed by atoms with Crippen LogP contribution in [0.4, 0.5) is 4.79 Å². The van der Waals surface area contributed by atoms with Gasteiger partial charge in [-0.05, 0) is 17.7 Å². The molecule has 0 spiro atoms. The second-order valence-corrected chi connectivity index (χ2v) is 3.74. The van der Waals surface area contributed by atoms with Gasteiger partial charge >= 0.3 is 6.09 Å². The Morgan fingerprint density at radius 1 is 1.29 bits per heavy atom. The highest BCUT2D eigenvalue weighted by molar-refractivity contribution is 5.68. The molecule has 0 aliphatic carbocycles. The standard InChI is InChI=1S/C12H15NO4/c1-15-10-4-3-8(7-11(10)16-2)9-5-6-17-12(14)13-9/h3-4,7,9H,5-6H2,1-2H3,(H,13,14)/t9-/m1/s1. The van der Waals surface area contributed by atoms with Crippen LogP contribution in [0, 0.1) is 0 Å². The summed E-state index contributed by atoms with van der Waals surface area (Å²) in [5.41, 5.74) is 0.985. The smallest absolute Gasteiger partial charge is 0.407 e. The summed E-state index contributed by atoms with van der Waals surface area (Å²) in [5.74, 6) is 1.33. The number of alkyl carbamates (subject to hydrolysis) is 1. The first-order chi connectivity index (χ1) is 8.24. The largest absolute Gasteiger partial charge is 0.493 e. The summed E-state index contributed by atoms with van der Waals surface area (Å²) in [7, 11) is 3.18. The highest BCUT2D eigenvalue weighted by atomic mass is 16.6. The van der Waals surface area contributed by atoms with Crippen molar-refractivity contribution in [1.29, 1.82) is 0 Å². The van der Waals surface area contributed by atoms with Gasteiger partial charge in [0.2, 0.25) is 0 Å². The zero-order valence-electron chi connectivity index (χ0n) is 9.86. The van der Waals surface area contributed by atoms with Crippen LogP contribution < -0.4 is 14.8 Å². The summed E-state index contributed by atoms with van der Waals surface area (Å²) in [6.45, 7) is 0.435. The lowest BCUT2D eigenvalue weighted by Gasteiger charge is -2.24. The van der Waals surface area contributed by atoms with Gasteiger partial charge in [-0.2, -0.15) is 0 Å². The molecular weight excluding hydrogens is 222 g/mol. The van der Waals surface area contributed by atoms with E-state index in [1.54, 1.807) is 14.2 Å². The lowest BCUT2D eigenvalue weighted by molar-refractivity contribution is 0.115. The molecule has 5 nitrogen and oxygen atoms in total. The summed E-state index contributed by atoms with van der Waals surface area (Å²) in [6.07, 6.45) is 0.373. The number of amides is 1. The van der Waals surface area contributed by atoms with E-state index in [4.69, 9.17) is 14.2 Å². The maximum Gasteiger partial charge on any atom is 0.407 e. The van der Waals surface area contributed by atoms with E-state index in [9.17, 15) is 4.79 Å². The minimum absolute atomic E-state index is 0.0314. The van der Waals surface area contributed by atoms with Crippen LogP contribution in [0.2, 0.25) is 0 Å². The number of benzene rings is 1. The minimum Gasteiger partial charge on any atom is -0.493 e. The minimum atomic E-state index is -0.379. The van der Waals surface area contributed by atoms with E-state index in [0.717, 1.165) is 12.0 Å². The second kappa shape index (κ2) is 4.95. The third-order valence-corrected chi connectivity index (χ3v) is 2.74. The van der Waals surface area contributed by atoms with Gasteiger partial charge in [-0.1, -0.05) is 6.07 Å². The third kappa shape index (κ3) is 2.43. The molecule has 0 saturated carbocycles. The van der Waals surface area contributed by atoms with E-state index in [1.807, 2.05) is 18.2 Å². The number of rotatable bonds is 3. The molecule has 1 N–H and O–H groups in total. The molecule has 1 aromatic carbocycles. The van der Waals surface area contributed by atoms with Crippen LogP contribution in [0.5, 0.6) is 11.5 Å². The van der Waals surface area contributed by atoms with Gasteiger partial charge in [0.1, 0.15) is 0 Å². The van der Waals surface area contributed by atoms with Gasteiger partial charge in [-0.3, -0.25) is 0 Å². The van der Waals surface area contributed by atoms with E-state index in [0.29, 0.717) is 18.1 Å². The Balaban J connectivity index is 2.23. The Hall–Kier alpha value is -1.91. The predicted octanol–water partition coefficient (Wildman–Crippen LogP) is 1.87. The Morgan fingerprint density at radius 2 is 2.06 bits per heavy atom. The number of hydrogen-bond donors (Lipinski definition) is 1. The molecule has 1 fully saturated rings. The van der Waals surface area contributed by atoms with Gasteiger partial charge in [-0.15, -0.1) is 0 Å². The molecule has 0 aromatic heterocycles. The van der Waals surface area contributed by atoms with Gasteiger partial charge in [0.15, 0.2) is 11.5 Å². The van der Waals surface area contributed by atoms with E-state index in [2.05, 4.69) is 5.32 Å². The van der Waals surface area contributed by atoms with Crippen molar-refractivity contribution in [3.05, 3.63) is 23.8 Å². The molecular formula is C12H15NO4. The fourth-order valence-electron chi connectivity index (χ4n) is 1.85. The van der Waals surface area contributed by atoms with Crippen LogP contribution in [-0.4, -0.2) is 26.9 Å². The van der Waals surface area contributed by atoms with Crippen LogP contribution in [0.25, 0.3) is 0 Å². The van der Waals surface area contributed by atoms with Crippen molar-refractivity contribution in [3.8, 4) is 11.5 Å². The fourth-order valence-corrected chi connectivity index (χ4v) is 1.85. The van der Waals surface area contributed by atoms with Crippen LogP contribution in [0.15, 0.2) is 18.2 Å². The highest BCUT2D eigenvalue weighted by Gasteiger charge is 2.21. The van der Waals surface area contributed by atoms with Crippen molar-refractivity contribution in [3.63, 3.8) is 0 Å². The van der Waals surface area contributed by atoms with Gasteiger partial charge < -0.3 is 19.5 Å². The van der Waals surface area contributed by atoms with Crippen molar-refractivity contribution in [2.45, 2.75) is 12.5 Å². The highest BCUT2D eigenvalue weighted by Crippen LogP contribution is 2.31. The van der Waals surface area contributed by atoms with E-state index in [-0.39, 0.29) is 12.1 Å². The van der Waals surface area contributed by atoms with Gasteiger partial charge in [-0.25, -0.2) is 4.79 Å². The molecule has 2 rings (SSSR count). The molecule has 0 bridgehead atoms. The summed E-state index contributed by atoms with van der Waals surface area (Å²) >= 11 is 0. The zero-order chi connectivity index (χ0) is 12.3. The number of cyclic esters (lactones) is 1. The zero-order valence-corrected chi connectivity index (χ0v) is 9.86. The van der Waals surface area contributed by atoms with Crippen molar-refractivity contribution in [2.75, 3.05) is 20.8 Å². The van der Waals surface area contributed by atoms with Gasteiger partial charge in [0, 0.05) is 6.42 Å². The van der Waals surface area contributed by atoms with Crippen molar-refractivity contribution in [2.24, 2.45) is 0 Å². The fraction of sp³-hybridized carbons (Fsp3) is 0.417. The number of hydrogen-bond acceptors (Lipinski definition) is 4. The molecule has 1 heterocycles. The van der Waals surface area contributed by atoms with E-state index < -0.39 is 0 Å². The molecule has 17 heavy (non-hydrogen) atoms. The molecule has 1 aliphatic heterocycles. The molecule has 92 valence electrons. The Bertz CT molecular complexity index is 419. The Labute approximate surface area is 99.7 Å². The maximum atomic E-state index is 11.1. The van der Waals surface area contributed by atoms with E-state index >= 15 is 0 Å². The maximum absolute atomic E-state index is 11.1. The summed E-state index contributed by atoms with van der Waals surface area (Å²) in [5, 5.41) is 2.76. The van der Waals surface area contributed by atoms with Crippen LogP contribution in [0.1, 0.15) is 18.0 Å². The Morgan fingerprint density at radius 3 is 2.71 bits per heavy atom.